The van der Waals surface area contributed by atoms with E-state index in [9.17, 15) is 4.79 Å². The second-order valence-electron chi connectivity index (χ2n) is 6.03. The molecule has 0 saturated carbocycles. The van der Waals surface area contributed by atoms with Crippen molar-refractivity contribution < 1.29 is 13.9 Å². The fourth-order valence-corrected chi connectivity index (χ4v) is 3.04. The first-order valence-corrected chi connectivity index (χ1v) is 8.20. The van der Waals surface area contributed by atoms with Gasteiger partial charge in [0, 0.05) is 44.6 Å². The van der Waals surface area contributed by atoms with Gasteiger partial charge in [0.1, 0.15) is 5.76 Å². The number of hydrogen-bond donors (Lipinski definition) is 0. The van der Waals surface area contributed by atoms with Crippen LogP contribution in [0.25, 0.3) is 0 Å². The summed E-state index contributed by atoms with van der Waals surface area (Å²) in [5.74, 6) is 0.622. The van der Waals surface area contributed by atoms with Gasteiger partial charge in [-0.1, -0.05) is 6.07 Å². The van der Waals surface area contributed by atoms with Crippen molar-refractivity contribution in [3.05, 3.63) is 53.7 Å². The molecule has 0 aromatic carbocycles. The Morgan fingerprint density at radius 1 is 1.29 bits per heavy atom. The highest BCUT2D eigenvalue weighted by Gasteiger charge is 2.23. The molecule has 0 N–H and O–H groups in total. The highest BCUT2D eigenvalue weighted by atomic mass is 16.5. The summed E-state index contributed by atoms with van der Waals surface area (Å²) in [4.78, 5) is 20.4. The molecule has 1 unspecified atom stereocenters. The SMILES string of the molecule is COC(=O)c1ccc(CN2CCN(C(C)c3cccnc3)CC2)o1. The summed E-state index contributed by atoms with van der Waals surface area (Å²) in [5, 5.41) is 0. The lowest BCUT2D eigenvalue weighted by Crippen LogP contribution is -2.46. The third-order valence-corrected chi connectivity index (χ3v) is 4.55. The lowest BCUT2D eigenvalue weighted by atomic mass is 10.1. The molecule has 0 radical (unpaired) electrons. The summed E-state index contributed by atoms with van der Waals surface area (Å²) < 4.78 is 10.2. The van der Waals surface area contributed by atoms with Gasteiger partial charge in [-0.15, -0.1) is 0 Å². The first-order valence-electron chi connectivity index (χ1n) is 8.20. The maximum Gasteiger partial charge on any atom is 0.373 e. The van der Waals surface area contributed by atoms with Crippen molar-refractivity contribution in [2.45, 2.75) is 19.5 Å². The smallest absolute Gasteiger partial charge is 0.373 e. The molecule has 1 fully saturated rings. The fraction of sp³-hybridized carbons (Fsp3) is 0.444. The first-order chi connectivity index (χ1) is 11.7. The zero-order valence-electron chi connectivity index (χ0n) is 14.1. The lowest BCUT2D eigenvalue weighted by molar-refractivity contribution is 0.0557. The minimum atomic E-state index is -0.434. The van der Waals surface area contributed by atoms with E-state index < -0.39 is 5.97 Å². The van der Waals surface area contributed by atoms with E-state index in [-0.39, 0.29) is 5.76 Å². The van der Waals surface area contributed by atoms with E-state index in [2.05, 4.69) is 32.5 Å². The second kappa shape index (κ2) is 7.59. The molecular weight excluding hydrogens is 306 g/mol. The molecule has 0 aliphatic carbocycles. The minimum absolute atomic E-state index is 0.260. The maximum atomic E-state index is 11.4. The summed E-state index contributed by atoms with van der Waals surface area (Å²) in [6.45, 7) is 6.88. The summed E-state index contributed by atoms with van der Waals surface area (Å²) in [7, 11) is 1.35. The molecule has 24 heavy (non-hydrogen) atoms. The van der Waals surface area contributed by atoms with E-state index in [0.29, 0.717) is 12.6 Å². The fourth-order valence-electron chi connectivity index (χ4n) is 3.04. The number of hydrogen-bond acceptors (Lipinski definition) is 6. The van der Waals surface area contributed by atoms with Crippen LogP contribution in [0, 0.1) is 0 Å². The summed E-state index contributed by atoms with van der Waals surface area (Å²) in [5.41, 5.74) is 1.25. The average molecular weight is 329 g/mol. The Morgan fingerprint density at radius 3 is 2.75 bits per heavy atom. The molecule has 1 saturated heterocycles. The van der Waals surface area contributed by atoms with Gasteiger partial charge in [-0.3, -0.25) is 14.8 Å². The Kier molecular flexibility index (Phi) is 5.27. The number of carbonyl (C=O) groups is 1. The van der Waals surface area contributed by atoms with Crippen LogP contribution in [-0.2, 0) is 11.3 Å². The summed E-state index contributed by atoms with van der Waals surface area (Å²) >= 11 is 0. The number of rotatable bonds is 5. The highest BCUT2D eigenvalue weighted by molar-refractivity contribution is 5.86. The van der Waals surface area contributed by atoms with Gasteiger partial charge in [0.25, 0.3) is 0 Å². The lowest BCUT2D eigenvalue weighted by Gasteiger charge is -2.37. The summed E-state index contributed by atoms with van der Waals surface area (Å²) in [6.07, 6.45) is 3.74. The van der Waals surface area contributed by atoms with Gasteiger partial charge >= 0.3 is 5.97 Å². The van der Waals surface area contributed by atoms with Crippen LogP contribution in [0.15, 0.2) is 41.1 Å². The van der Waals surface area contributed by atoms with Gasteiger partial charge in [-0.25, -0.2) is 4.79 Å². The standard InChI is InChI=1S/C18H23N3O3/c1-14(15-4-3-7-19-12-15)21-10-8-20(9-11-21)13-16-5-6-17(24-16)18(22)23-2/h3-7,12,14H,8-11,13H2,1-2H3. The highest BCUT2D eigenvalue weighted by Crippen LogP contribution is 2.21. The zero-order valence-corrected chi connectivity index (χ0v) is 14.1. The Hall–Kier alpha value is -2.18. The van der Waals surface area contributed by atoms with Crippen LogP contribution >= 0.6 is 0 Å². The van der Waals surface area contributed by atoms with Crippen molar-refractivity contribution in [2.24, 2.45) is 0 Å². The largest absolute Gasteiger partial charge is 0.463 e. The molecule has 6 heteroatoms. The monoisotopic (exact) mass is 329 g/mol. The van der Waals surface area contributed by atoms with E-state index >= 15 is 0 Å². The van der Waals surface area contributed by atoms with E-state index in [1.807, 2.05) is 18.3 Å². The van der Waals surface area contributed by atoms with Crippen LogP contribution in [0.2, 0.25) is 0 Å². The van der Waals surface area contributed by atoms with Crippen molar-refractivity contribution in [3.8, 4) is 0 Å². The number of ether oxygens (including phenoxy) is 1. The van der Waals surface area contributed by atoms with Gasteiger partial charge in [-0.05, 0) is 30.7 Å². The van der Waals surface area contributed by atoms with Crippen molar-refractivity contribution in [3.63, 3.8) is 0 Å². The van der Waals surface area contributed by atoms with Crippen molar-refractivity contribution in [1.82, 2.24) is 14.8 Å². The average Bonchev–Trinajstić information content (AvgIpc) is 3.10. The van der Waals surface area contributed by atoms with Gasteiger partial charge in [0.2, 0.25) is 5.76 Å². The van der Waals surface area contributed by atoms with Crippen molar-refractivity contribution in [1.29, 1.82) is 0 Å². The molecular formula is C18H23N3O3. The van der Waals surface area contributed by atoms with Crippen LogP contribution in [0.4, 0.5) is 0 Å². The number of nitrogens with zero attached hydrogens (tertiary/aromatic N) is 3. The molecule has 1 aliphatic rings. The Morgan fingerprint density at radius 2 is 2.08 bits per heavy atom. The van der Waals surface area contributed by atoms with E-state index in [1.54, 1.807) is 12.3 Å². The number of furan rings is 1. The van der Waals surface area contributed by atoms with Crippen molar-refractivity contribution in [2.75, 3.05) is 33.3 Å². The molecule has 0 amide bonds. The van der Waals surface area contributed by atoms with Crippen LogP contribution in [-0.4, -0.2) is 54.0 Å². The normalized spacial score (nSPS) is 17.6. The van der Waals surface area contributed by atoms with Crippen LogP contribution in [0.5, 0.6) is 0 Å². The van der Waals surface area contributed by atoms with Crippen LogP contribution in [0.3, 0.4) is 0 Å². The minimum Gasteiger partial charge on any atom is -0.463 e. The van der Waals surface area contributed by atoms with E-state index in [4.69, 9.17) is 4.42 Å². The van der Waals surface area contributed by atoms with Gasteiger partial charge in [-0.2, -0.15) is 0 Å². The molecule has 1 atom stereocenters. The Labute approximate surface area is 142 Å². The predicted octanol–water partition coefficient (Wildman–Crippen LogP) is 2.34. The maximum absolute atomic E-state index is 11.4. The Bertz CT molecular complexity index is 663. The predicted molar refractivity (Wildman–Crippen MR) is 89.5 cm³/mol. The van der Waals surface area contributed by atoms with Gasteiger partial charge in [0.05, 0.1) is 13.7 Å². The molecule has 6 nitrogen and oxygen atoms in total. The van der Waals surface area contributed by atoms with Crippen LogP contribution in [0.1, 0.15) is 34.8 Å². The molecule has 0 bridgehead atoms. The number of pyridine rings is 1. The first kappa shape index (κ1) is 16.7. The number of methoxy groups -OCH3 is 1. The topological polar surface area (TPSA) is 58.8 Å². The number of piperazine rings is 1. The zero-order chi connectivity index (χ0) is 16.9. The van der Waals surface area contributed by atoms with Gasteiger partial charge < -0.3 is 9.15 Å². The quantitative estimate of drug-likeness (QED) is 0.785. The molecule has 3 rings (SSSR count). The van der Waals surface area contributed by atoms with Crippen molar-refractivity contribution >= 4 is 5.97 Å². The third kappa shape index (κ3) is 3.83. The van der Waals surface area contributed by atoms with E-state index in [0.717, 1.165) is 31.9 Å². The second-order valence-corrected chi connectivity index (χ2v) is 6.03. The molecule has 2 aromatic heterocycles. The molecule has 0 spiro atoms. The molecule has 3 heterocycles. The third-order valence-electron chi connectivity index (χ3n) is 4.55. The van der Waals surface area contributed by atoms with Gasteiger partial charge in [0.15, 0.2) is 0 Å². The van der Waals surface area contributed by atoms with E-state index in [1.165, 1.54) is 12.7 Å². The molecule has 2 aromatic rings. The number of esters is 1. The molecule has 1 aliphatic heterocycles. The molecule has 128 valence electrons. The Balaban J connectivity index is 1.52. The number of carbonyl (C=O) groups excluding carboxylic acids is 1. The summed E-state index contributed by atoms with van der Waals surface area (Å²) in [6, 6.07) is 7.99. The van der Waals surface area contributed by atoms with Crippen LogP contribution < -0.4 is 0 Å². The number of aromatic nitrogens is 1.